The lowest BCUT2D eigenvalue weighted by Gasteiger charge is -2.06. The van der Waals surface area contributed by atoms with Gasteiger partial charge in [0.15, 0.2) is 5.96 Å². The van der Waals surface area contributed by atoms with Gasteiger partial charge in [0.25, 0.3) is 5.91 Å². The molecule has 1 rings (SSSR count). The number of carbonyl (C=O) groups excluding carboxylic acids is 1. The van der Waals surface area contributed by atoms with Crippen LogP contribution in [0.2, 0.25) is 0 Å². The topological polar surface area (TPSA) is 67.5 Å². The second-order valence-corrected chi connectivity index (χ2v) is 3.15. The van der Waals surface area contributed by atoms with E-state index in [0.717, 1.165) is 6.42 Å². The van der Waals surface area contributed by atoms with Crippen molar-refractivity contribution >= 4 is 11.9 Å². The molecule has 4 heteroatoms. The number of nitrogens with one attached hydrogen (secondary N) is 1. The molecule has 0 saturated carbocycles. The van der Waals surface area contributed by atoms with Gasteiger partial charge in [-0.3, -0.25) is 10.1 Å². The van der Waals surface area contributed by atoms with Gasteiger partial charge in [0.1, 0.15) is 6.04 Å². The van der Waals surface area contributed by atoms with Gasteiger partial charge >= 0.3 is 0 Å². The Bertz CT molecular complexity index is 198. The lowest BCUT2D eigenvalue weighted by atomic mass is 10.0. The van der Waals surface area contributed by atoms with Crippen molar-refractivity contribution in [3.63, 3.8) is 0 Å². The fraction of sp³-hybridized carbons (Fsp3) is 0.714. The molecular weight excluding hydrogens is 142 g/mol. The second-order valence-electron chi connectivity index (χ2n) is 3.15. The van der Waals surface area contributed by atoms with Crippen LogP contribution in [0.15, 0.2) is 4.99 Å². The Hall–Kier alpha value is -1.06. The van der Waals surface area contributed by atoms with Crippen molar-refractivity contribution in [3.05, 3.63) is 0 Å². The number of guanidine groups is 1. The van der Waals surface area contributed by atoms with Crippen molar-refractivity contribution in [2.45, 2.75) is 26.3 Å². The maximum atomic E-state index is 11.0. The summed E-state index contributed by atoms with van der Waals surface area (Å²) in [6.07, 6.45) is 0.770. The van der Waals surface area contributed by atoms with Gasteiger partial charge in [-0.15, -0.1) is 0 Å². The molecule has 0 bridgehead atoms. The second kappa shape index (κ2) is 2.90. The van der Waals surface area contributed by atoms with Crippen LogP contribution < -0.4 is 11.1 Å². The molecule has 0 saturated heterocycles. The first kappa shape index (κ1) is 8.04. The molecular formula is C7H13N3O. The van der Waals surface area contributed by atoms with Crippen molar-refractivity contribution in [1.29, 1.82) is 0 Å². The quantitative estimate of drug-likeness (QED) is 0.582. The highest BCUT2D eigenvalue weighted by Gasteiger charge is 2.24. The molecule has 0 aromatic heterocycles. The SMILES string of the molecule is CC(C)C[C@H]1N=C(N)NC1=O. The summed E-state index contributed by atoms with van der Waals surface area (Å²) in [7, 11) is 0. The van der Waals surface area contributed by atoms with Gasteiger partial charge in [0.05, 0.1) is 0 Å². The van der Waals surface area contributed by atoms with E-state index in [2.05, 4.69) is 24.2 Å². The predicted octanol–water partition coefficient (Wildman–Crippen LogP) is -0.154. The number of hydrogen-bond acceptors (Lipinski definition) is 3. The van der Waals surface area contributed by atoms with E-state index in [4.69, 9.17) is 5.73 Å². The summed E-state index contributed by atoms with van der Waals surface area (Å²) in [5.74, 6) is 0.650. The number of rotatable bonds is 2. The smallest absolute Gasteiger partial charge is 0.251 e. The normalized spacial score (nSPS) is 23.7. The number of amides is 1. The maximum absolute atomic E-state index is 11.0. The molecule has 1 amide bonds. The monoisotopic (exact) mass is 155 g/mol. The van der Waals surface area contributed by atoms with Crippen LogP contribution in [0.5, 0.6) is 0 Å². The van der Waals surface area contributed by atoms with Crippen LogP contribution in [0.25, 0.3) is 0 Å². The fourth-order valence-corrected chi connectivity index (χ4v) is 1.07. The van der Waals surface area contributed by atoms with Crippen LogP contribution in [0.3, 0.4) is 0 Å². The van der Waals surface area contributed by atoms with Crippen LogP contribution in [-0.2, 0) is 4.79 Å². The van der Waals surface area contributed by atoms with Crippen molar-refractivity contribution < 1.29 is 4.79 Å². The molecule has 11 heavy (non-hydrogen) atoms. The lowest BCUT2D eigenvalue weighted by molar-refractivity contribution is -0.120. The largest absolute Gasteiger partial charge is 0.370 e. The predicted molar refractivity (Wildman–Crippen MR) is 43.0 cm³/mol. The third-order valence-electron chi connectivity index (χ3n) is 1.54. The molecule has 1 heterocycles. The van der Waals surface area contributed by atoms with Crippen molar-refractivity contribution in [2.24, 2.45) is 16.6 Å². The van der Waals surface area contributed by atoms with Crippen molar-refractivity contribution in [2.75, 3.05) is 0 Å². The van der Waals surface area contributed by atoms with Crippen LogP contribution in [0.4, 0.5) is 0 Å². The molecule has 3 N–H and O–H groups in total. The molecule has 0 unspecified atom stereocenters. The summed E-state index contributed by atoms with van der Waals surface area (Å²) in [5.41, 5.74) is 5.31. The molecule has 0 spiro atoms. The summed E-state index contributed by atoms with van der Waals surface area (Å²) in [4.78, 5) is 15.0. The first-order chi connectivity index (χ1) is 5.09. The highest BCUT2D eigenvalue weighted by Crippen LogP contribution is 2.10. The number of carbonyl (C=O) groups is 1. The summed E-state index contributed by atoms with van der Waals surface area (Å²) in [5, 5.41) is 2.46. The van der Waals surface area contributed by atoms with E-state index in [1.807, 2.05) is 0 Å². The van der Waals surface area contributed by atoms with Gasteiger partial charge in [-0.25, -0.2) is 4.99 Å². The summed E-state index contributed by atoms with van der Waals surface area (Å²) < 4.78 is 0. The molecule has 4 nitrogen and oxygen atoms in total. The Balaban J connectivity index is 2.52. The zero-order valence-electron chi connectivity index (χ0n) is 6.79. The number of hydrogen-bond donors (Lipinski definition) is 2. The maximum Gasteiger partial charge on any atom is 0.251 e. The minimum Gasteiger partial charge on any atom is -0.370 e. The molecule has 0 aromatic rings. The minimum absolute atomic E-state index is 0.0730. The van der Waals surface area contributed by atoms with Crippen LogP contribution in [0, 0.1) is 5.92 Å². The Labute approximate surface area is 65.9 Å². The van der Waals surface area contributed by atoms with E-state index in [9.17, 15) is 4.79 Å². The van der Waals surface area contributed by atoms with Gasteiger partial charge in [0.2, 0.25) is 0 Å². The number of nitrogens with zero attached hydrogens (tertiary/aromatic N) is 1. The zero-order valence-corrected chi connectivity index (χ0v) is 6.79. The van der Waals surface area contributed by atoms with Crippen molar-refractivity contribution in [3.8, 4) is 0 Å². The Morgan fingerprint density at radius 2 is 2.36 bits per heavy atom. The zero-order chi connectivity index (χ0) is 8.43. The molecule has 1 aliphatic rings. The van der Waals surface area contributed by atoms with E-state index in [-0.39, 0.29) is 17.9 Å². The standard InChI is InChI=1S/C7H13N3O/c1-4(2)3-5-6(11)10-7(8)9-5/h4-5H,3H2,1-2H3,(H3,8,9,10,11)/t5-/m1/s1. The number of nitrogens with two attached hydrogens (primary N) is 1. The third-order valence-corrected chi connectivity index (χ3v) is 1.54. The average Bonchev–Trinajstić information content (AvgIpc) is 2.09. The van der Waals surface area contributed by atoms with Gasteiger partial charge < -0.3 is 5.73 Å². The molecule has 1 atom stereocenters. The van der Waals surface area contributed by atoms with E-state index in [0.29, 0.717) is 5.92 Å². The fourth-order valence-electron chi connectivity index (χ4n) is 1.07. The highest BCUT2D eigenvalue weighted by atomic mass is 16.2. The summed E-state index contributed by atoms with van der Waals surface area (Å²) >= 11 is 0. The van der Waals surface area contributed by atoms with E-state index < -0.39 is 0 Å². The molecule has 0 fully saturated rings. The first-order valence-electron chi connectivity index (χ1n) is 3.73. The molecule has 1 aliphatic heterocycles. The molecule has 0 aromatic carbocycles. The Morgan fingerprint density at radius 3 is 2.73 bits per heavy atom. The van der Waals surface area contributed by atoms with Gasteiger partial charge in [-0.05, 0) is 12.3 Å². The van der Waals surface area contributed by atoms with Crippen molar-refractivity contribution in [1.82, 2.24) is 5.32 Å². The minimum atomic E-state index is -0.255. The molecule has 0 radical (unpaired) electrons. The lowest BCUT2D eigenvalue weighted by Crippen LogP contribution is -2.33. The average molecular weight is 155 g/mol. The van der Waals surface area contributed by atoms with Crippen LogP contribution >= 0.6 is 0 Å². The number of aliphatic imine (C=N–C) groups is 1. The van der Waals surface area contributed by atoms with Gasteiger partial charge in [-0.2, -0.15) is 0 Å². The van der Waals surface area contributed by atoms with Gasteiger partial charge in [0, 0.05) is 0 Å². The van der Waals surface area contributed by atoms with E-state index in [1.54, 1.807) is 0 Å². The molecule has 62 valence electrons. The van der Waals surface area contributed by atoms with Crippen LogP contribution in [-0.4, -0.2) is 17.9 Å². The first-order valence-corrected chi connectivity index (χ1v) is 3.73. The van der Waals surface area contributed by atoms with Crippen LogP contribution in [0.1, 0.15) is 20.3 Å². The van der Waals surface area contributed by atoms with E-state index in [1.165, 1.54) is 0 Å². The summed E-state index contributed by atoms with van der Waals surface area (Å²) in [6.45, 7) is 4.11. The third kappa shape index (κ3) is 1.93. The highest BCUT2D eigenvalue weighted by molar-refractivity contribution is 6.04. The Kier molecular flexibility index (Phi) is 2.12. The van der Waals surface area contributed by atoms with E-state index >= 15 is 0 Å². The molecule has 0 aliphatic carbocycles. The summed E-state index contributed by atoms with van der Waals surface area (Å²) in [6, 6.07) is -0.255. The van der Waals surface area contributed by atoms with Gasteiger partial charge in [-0.1, -0.05) is 13.8 Å². The Morgan fingerprint density at radius 1 is 1.73 bits per heavy atom.